The Bertz CT molecular complexity index is 741. The molecule has 2 N–H and O–H groups in total. The number of esters is 1. The molecule has 1 aromatic carbocycles. The van der Waals surface area contributed by atoms with Gasteiger partial charge >= 0.3 is 11.7 Å². The molecule has 0 bridgehead atoms. The van der Waals surface area contributed by atoms with Crippen LogP contribution in [0, 0.1) is 0 Å². The van der Waals surface area contributed by atoms with Crippen LogP contribution in [-0.2, 0) is 16.1 Å². The zero-order valence-electron chi connectivity index (χ0n) is 11.9. The number of carbonyl (C=O) groups is 1. The smallest absolute Gasteiger partial charge is 0.342 e. The molecule has 0 aliphatic heterocycles. The molecule has 1 atom stereocenters. The second kappa shape index (κ2) is 7.60. The first kappa shape index (κ1) is 16.0. The largest absolute Gasteiger partial charge is 0.460 e. The van der Waals surface area contributed by atoms with E-state index < -0.39 is 22.5 Å². The molecule has 0 saturated carbocycles. The number of aromatic nitrogens is 3. The summed E-state index contributed by atoms with van der Waals surface area (Å²) in [5, 5.41) is 5.24. The third-order valence-corrected chi connectivity index (χ3v) is 4.10. The molecule has 8 heteroatoms. The van der Waals surface area contributed by atoms with Gasteiger partial charge < -0.3 is 4.74 Å². The van der Waals surface area contributed by atoms with Crippen molar-refractivity contribution >= 4 is 17.7 Å². The zero-order valence-corrected chi connectivity index (χ0v) is 12.7. The number of H-pyrrole nitrogens is 2. The van der Waals surface area contributed by atoms with Crippen LogP contribution in [0.25, 0.3) is 0 Å². The maximum atomic E-state index is 12.1. The van der Waals surface area contributed by atoms with E-state index in [0.29, 0.717) is 6.42 Å². The van der Waals surface area contributed by atoms with Crippen LogP contribution in [0.4, 0.5) is 0 Å². The van der Waals surface area contributed by atoms with Gasteiger partial charge in [0.1, 0.15) is 11.9 Å². The standard InChI is InChI=1S/C14H15N3O4S/c1-2-10(22-12-11(18)15-14(20)17-16-12)13(19)21-8-9-6-4-3-5-7-9/h3-7,10H,2,8H2,1H3,(H2,15,17,18,20)/t10-/m1/s1. The van der Waals surface area contributed by atoms with Crippen LogP contribution < -0.4 is 11.2 Å². The minimum atomic E-state index is -0.686. The lowest BCUT2D eigenvalue weighted by Gasteiger charge is -2.12. The molecule has 1 heterocycles. The lowest BCUT2D eigenvalue weighted by Crippen LogP contribution is -2.27. The number of hydrogen-bond donors (Lipinski definition) is 2. The van der Waals surface area contributed by atoms with E-state index in [1.165, 1.54) is 0 Å². The second-order valence-corrected chi connectivity index (χ2v) is 5.61. The van der Waals surface area contributed by atoms with Crippen molar-refractivity contribution in [2.75, 3.05) is 0 Å². The maximum absolute atomic E-state index is 12.1. The summed E-state index contributed by atoms with van der Waals surface area (Å²) < 4.78 is 5.25. The van der Waals surface area contributed by atoms with E-state index in [1.54, 1.807) is 6.92 Å². The summed E-state index contributed by atoms with van der Waals surface area (Å²) in [5.74, 6) is -0.427. The molecule has 7 nitrogen and oxygen atoms in total. The summed E-state index contributed by atoms with van der Waals surface area (Å²) in [7, 11) is 0. The van der Waals surface area contributed by atoms with Gasteiger partial charge in [-0.05, 0) is 12.0 Å². The molecular weight excluding hydrogens is 306 g/mol. The molecule has 2 aromatic rings. The van der Waals surface area contributed by atoms with Gasteiger partial charge in [-0.1, -0.05) is 49.0 Å². The van der Waals surface area contributed by atoms with Crippen molar-refractivity contribution < 1.29 is 9.53 Å². The highest BCUT2D eigenvalue weighted by molar-refractivity contribution is 8.00. The minimum Gasteiger partial charge on any atom is -0.460 e. The monoisotopic (exact) mass is 321 g/mol. The molecule has 1 aromatic heterocycles. The Kier molecular flexibility index (Phi) is 5.54. The first-order valence-electron chi connectivity index (χ1n) is 6.66. The molecular formula is C14H15N3O4S. The Balaban J connectivity index is 2.00. The van der Waals surface area contributed by atoms with Crippen molar-refractivity contribution in [3.05, 3.63) is 56.7 Å². The first-order valence-corrected chi connectivity index (χ1v) is 7.54. The summed E-state index contributed by atoms with van der Waals surface area (Å²) in [6.45, 7) is 1.98. The number of nitrogens with zero attached hydrogens (tertiary/aromatic N) is 1. The Morgan fingerprint density at radius 1 is 1.32 bits per heavy atom. The van der Waals surface area contributed by atoms with Gasteiger partial charge in [0.05, 0.1) is 0 Å². The van der Waals surface area contributed by atoms with E-state index >= 15 is 0 Å². The molecule has 0 fully saturated rings. The number of aromatic amines is 2. The topological polar surface area (TPSA) is 105 Å². The van der Waals surface area contributed by atoms with Crippen LogP contribution in [0.15, 0.2) is 44.9 Å². The second-order valence-electron chi connectivity index (χ2n) is 4.42. The highest BCUT2D eigenvalue weighted by Crippen LogP contribution is 2.21. The number of rotatable bonds is 6. The predicted molar refractivity (Wildman–Crippen MR) is 81.7 cm³/mol. The lowest BCUT2D eigenvalue weighted by atomic mass is 10.2. The maximum Gasteiger partial charge on any atom is 0.342 e. The van der Waals surface area contributed by atoms with Crippen LogP contribution in [0.3, 0.4) is 0 Å². The number of thioether (sulfide) groups is 1. The molecule has 0 spiro atoms. The van der Waals surface area contributed by atoms with Gasteiger partial charge in [0, 0.05) is 0 Å². The van der Waals surface area contributed by atoms with Crippen molar-refractivity contribution in [2.24, 2.45) is 0 Å². The molecule has 0 amide bonds. The van der Waals surface area contributed by atoms with E-state index in [1.807, 2.05) is 30.3 Å². The average Bonchev–Trinajstić information content (AvgIpc) is 2.53. The molecule has 22 heavy (non-hydrogen) atoms. The lowest BCUT2D eigenvalue weighted by molar-refractivity contribution is -0.144. The molecule has 0 saturated heterocycles. The highest BCUT2D eigenvalue weighted by Gasteiger charge is 2.22. The number of nitrogens with one attached hydrogen (secondary N) is 2. The fourth-order valence-corrected chi connectivity index (χ4v) is 2.53. The Morgan fingerprint density at radius 2 is 2.05 bits per heavy atom. The highest BCUT2D eigenvalue weighted by atomic mass is 32.2. The average molecular weight is 321 g/mol. The summed E-state index contributed by atoms with van der Waals surface area (Å²) in [5.41, 5.74) is -0.423. The fourth-order valence-electron chi connectivity index (χ4n) is 1.67. The van der Waals surface area contributed by atoms with Gasteiger partial charge in [0.15, 0.2) is 5.03 Å². The van der Waals surface area contributed by atoms with Crippen LogP contribution in [-0.4, -0.2) is 26.4 Å². The number of carbonyl (C=O) groups excluding carboxylic acids is 1. The third-order valence-electron chi connectivity index (χ3n) is 2.79. The van der Waals surface area contributed by atoms with Gasteiger partial charge in [-0.2, -0.15) is 5.10 Å². The Morgan fingerprint density at radius 3 is 2.68 bits per heavy atom. The molecule has 0 radical (unpaired) electrons. The van der Waals surface area contributed by atoms with Crippen molar-refractivity contribution in [1.82, 2.24) is 15.2 Å². The van der Waals surface area contributed by atoms with Crippen LogP contribution in [0.2, 0.25) is 0 Å². The molecule has 0 unspecified atom stereocenters. The van der Waals surface area contributed by atoms with E-state index in [4.69, 9.17) is 4.74 Å². The first-order chi connectivity index (χ1) is 10.6. The third kappa shape index (κ3) is 4.32. The summed E-state index contributed by atoms with van der Waals surface area (Å²) in [4.78, 5) is 36.6. The Hall–Kier alpha value is -2.35. The predicted octanol–water partition coefficient (Wildman–Crippen LogP) is 1.07. The van der Waals surface area contributed by atoms with Crippen LogP contribution >= 0.6 is 11.8 Å². The van der Waals surface area contributed by atoms with E-state index in [9.17, 15) is 14.4 Å². The molecule has 2 rings (SSSR count). The van der Waals surface area contributed by atoms with Crippen LogP contribution in [0.1, 0.15) is 18.9 Å². The van der Waals surface area contributed by atoms with E-state index in [2.05, 4.69) is 15.2 Å². The fraction of sp³-hybridized carbons (Fsp3) is 0.286. The van der Waals surface area contributed by atoms with Crippen LogP contribution in [0.5, 0.6) is 0 Å². The number of benzene rings is 1. The van der Waals surface area contributed by atoms with E-state index in [-0.39, 0.29) is 11.6 Å². The molecule has 0 aliphatic rings. The molecule has 116 valence electrons. The zero-order chi connectivity index (χ0) is 15.9. The Labute approximate surface area is 130 Å². The SMILES string of the molecule is CC[C@@H](Sc1n[nH]c(=O)[nH]c1=O)C(=O)OCc1ccccc1. The quantitative estimate of drug-likeness (QED) is 0.609. The minimum absolute atomic E-state index is 0.0307. The normalized spacial score (nSPS) is 11.9. The van der Waals surface area contributed by atoms with Gasteiger partial charge in [0.25, 0.3) is 5.56 Å². The van der Waals surface area contributed by atoms with Gasteiger partial charge in [0.2, 0.25) is 0 Å². The van der Waals surface area contributed by atoms with E-state index in [0.717, 1.165) is 17.3 Å². The van der Waals surface area contributed by atoms with Crippen molar-refractivity contribution in [2.45, 2.75) is 30.2 Å². The van der Waals surface area contributed by atoms with Crippen molar-refractivity contribution in [3.8, 4) is 0 Å². The van der Waals surface area contributed by atoms with Gasteiger partial charge in [-0.25, -0.2) is 9.89 Å². The van der Waals surface area contributed by atoms with Gasteiger partial charge in [-0.3, -0.25) is 14.6 Å². The molecule has 0 aliphatic carbocycles. The summed E-state index contributed by atoms with van der Waals surface area (Å²) >= 11 is 0.968. The van der Waals surface area contributed by atoms with Crippen molar-refractivity contribution in [3.63, 3.8) is 0 Å². The van der Waals surface area contributed by atoms with Gasteiger partial charge in [-0.15, -0.1) is 0 Å². The number of ether oxygens (including phenoxy) is 1. The van der Waals surface area contributed by atoms with Crippen molar-refractivity contribution in [1.29, 1.82) is 0 Å². The number of hydrogen-bond acceptors (Lipinski definition) is 6. The summed E-state index contributed by atoms with van der Waals surface area (Å²) in [6, 6.07) is 9.31. The summed E-state index contributed by atoms with van der Waals surface area (Å²) in [6.07, 6.45) is 0.471.